The third kappa shape index (κ3) is 2.56. The zero-order valence-corrected chi connectivity index (χ0v) is 8.83. The smallest absolute Gasteiger partial charge is 0.252 e. The minimum absolute atomic E-state index is 0.225. The van der Waals surface area contributed by atoms with Crippen molar-refractivity contribution in [3.63, 3.8) is 0 Å². The quantitative estimate of drug-likeness (QED) is 0.768. The summed E-state index contributed by atoms with van der Waals surface area (Å²) >= 11 is 0. The SMILES string of the molecule is CCNC(=O)c1ccccc1C(=O)NC. The Morgan fingerprint density at radius 3 is 2.13 bits per heavy atom. The standard InChI is InChI=1S/C11H14N2O2/c1-3-13-11(15)9-7-5-4-6-8(9)10(14)12-2/h4-7H,3H2,1-2H3,(H,12,14)(H,13,15). The molecule has 0 saturated carbocycles. The maximum atomic E-state index is 11.6. The molecule has 1 aromatic carbocycles. The molecule has 0 heterocycles. The highest BCUT2D eigenvalue weighted by Crippen LogP contribution is 2.08. The van der Waals surface area contributed by atoms with Gasteiger partial charge in [0.1, 0.15) is 0 Å². The Balaban J connectivity index is 3.06. The van der Waals surface area contributed by atoms with Crippen LogP contribution in [0.4, 0.5) is 0 Å². The number of hydrogen-bond acceptors (Lipinski definition) is 2. The van der Waals surface area contributed by atoms with Crippen LogP contribution in [0.5, 0.6) is 0 Å². The highest BCUT2D eigenvalue weighted by Gasteiger charge is 2.14. The van der Waals surface area contributed by atoms with Crippen molar-refractivity contribution in [3.05, 3.63) is 35.4 Å². The lowest BCUT2D eigenvalue weighted by atomic mass is 10.1. The maximum absolute atomic E-state index is 11.6. The van der Waals surface area contributed by atoms with E-state index >= 15 is 0 Å². The third-order valence-corrected chi connectivity index (χ3v) is 1.98. The topological polar surface area (TPSA) is 58.2 Å². The minimum atomic E-state index is -0.253. The molecule has 0 spiro atoms. The average molecular weight is 206 g/mol. The second-order valence-corrected chi connectivity index (χ2v) is 2.98. The van der Waals surface area contributed by atoms with Gasteiger partial charge in [0, 0.05) is 13.6 Å². The van der Waals surface area contributed by atoms with E-state index in [4.69, 9.17) is 0 Å². The first-order chi connectivity index (χ1) is 7.20. The lowest BCUT2D eigenvalue weighted by Gasteiger charge is -2.07. The molecule has 80 valence electrons. The normalized spacial score (nSPS) is 9.47. The summed E-state index contributed by atoms with van der Waals surface area (Å²) in [4.78, 5) is 23.0. The van der Waals surface area contributed by atoms with Gasteiger partial charge in [-0.05, 0) is 19.1 Å². The lowest BCUT2D eigenvalue weighted by molar-refractivity contribution is 0.0925. The summed E-state index contributed by atoms with van der Waals surface area (Å²) < 4.78 is 0. The van der Waals surface area contributed by atoms with E-state index in [-0.39, 0.29) is 11.8 Å². The molecule has 0 aliphatic rings. The molecule has 0 aromatic heterocycles. The van der Waals surface area contributed by atoms with Crippen molar-refractivity contribution in [2.24, 2.45) is 0 Å². The fourth-order valence-electron chi connectivity index (χ4n) is 1.27. The molecule has 4 heteroatoms. The van der Waals surface area contributed by atoms with Crippen molar-refractivity contribution in [3.8, 4) is 0 Å². The first kappa shape index (κ1) is 11.2. The molecule has 0 saturated heterocycles. The maximum Gasteiger partial charge on any atom is 0.252 e. The van der Waals surface area contributed by atoms with Crippen molar-refractivity contribution in [2.75, 3.05) is 13.6 Å². The van der Waals surface area contributed by atoms with Crippen LogP contribution in [0.15, 0.2) is 24.3 Å². The van der Waals surface area contributed by atoms with Gasteiger partial charge in [-0.1, -0.05) is 12.1 Å². The van der Waals surface area contributed by atoms with Gasteiger partial charge in [0.2, 0.25) is 0 Å². The Bertz CT molecular complexity index is 375. The Labute approximate surface area is 88.7 Å². The first-order valence-corrected chi connectivity index (χ1v) is 4.80. The summed E-state index contributed by atoms with van der Waals surface area (Å²) in [6.07, 6.45) is 0. The molecule has 2 N–H and O–H groups in total. The van der Waals surface area contributed by atoms with Gasteiger partial charge in [-0.3, -0.25) is 9.59 Å². The van der Waals surface area contributed by atoms with E-state index in [1.165, 1.54) is 7.05 Å². The van der Waals surface area contributed by atoms with Gasteiger partial charge >= 0.3 is 0 Å². The second-order valence-electron chi connectivity index (χ2n) is 2.98. The van der Waals surface area contributed by atoms with Crippen molar-refractivity contribution in [1.29, 1.82) is 0 Å². The molecule has 1 rings (SSSR count). The van der Waals surface area contributed by atoms with Crippen LogP contribution >= 0.6 is 0 Å². The molecular formula is C11H14N2O2. The summed E-state index contributed by atoms with van der Waals surface area (Å²) in [6.45, 7) is 2.38. The number of carbonyl (C=O) groups excluding carboxylic acids is 2. The van der Waals surface area contributed by atoms with Gasteiger partial charge in [0.05, 0.1) is 11.1 Å². The molecule has 15 heavy (non-hydrogen) atoms. The van der Waals surface area contributed by atoms with Crippen molar-refractivity contribution >= 4 is 11.8 Å². The summed E-state index contributed by atoms with van der Waals surface area (Å²) in [5, 5.41) is 5.16. The summed E-state index contributed by atoms with van der Waals surface area (Å²) in [7, 11) is 1.54. The summed E-state index contributed by atoms with van der Waals surface area (Å²) in [5.74, 6) is -0.478. The zero-order valence-electron chi connectivity index (χ0n) is 8.83. The molecular weight excluding hydrogens is 192 g/mol. The lowest BCUT2D eigenvalue weighted by Crippen LogP contribution is -2.27. The van der Waals surface area contributed by atoms with Crippen LogP contribution in [0, 0.1) is 0 Å². The van der Waals surface area contributed by atoms with Crippen LogP contribution in [0.3, 0.4) is 0 Å². The van der Waals surface area contributed by atoms with Crippen molar-refractivity contribution in [2.45, 2.75) is 6.92 Å². The summed E-state index contributed by atoms with van der Waals surface area (Å²) in [5.41, 5.74) is 0.796. The van der Waals surface area contributed by atoms with Crippen molar-refractivity contribution < 1.29 is 9.59 Å². The van der Waals surface area contributed by atoms with E-state index in [1.54, 1.807) is 24.3 Å². The van der Waals surface area contributed by atoms with Crippen LogP contribution < -0.4 is 10.6 Å². The molecule has 2 amide bonds. The van der Waals surface area contributed by atoms with E-state index in [2.05, 4.69) is 10.6 Å². The molecule has 0 unspecified atom stereocenters. The molecule has 0 atom stereocenters. The molecule has 0 aliphatic carbocycles. The van der Waals surface area contributed by atoms with Gasteiger partial charge in [0.25, 0.3) is 11.8 Å². The largest absolute Gasteiger partial charge is 0.355 e. The fourth-order valence-corrected chi connectivity index (χ4v) is 1.27. The number of carbonyl (C=O) groups is 2. The van der Waals surface area contributed by atoms with Crippen molar-refractivity contribution in [1.82, 2.24) is 10.6 Å². The predicted molar refractivity (Wildman–Crippen MR) is 57.8 cm³/mol. The number of hydrogen-bond donors (Lipinski definition) is 2. The number of nitrogens with one attached hydrogen (secondary N) is 2. The monoisotopic (exact) mass is 206 g/mol. The molecule has 1 aromatic rings. The van der Waals surface area contributed by atoms with Gasteiger partial charge in [0.15, 0.2) is 0 Å². The highest BCUT2D eigenvalue weighted by atomic mass is 16.2. The van der Waals surface area contributed by atoms with Gasteiger partial charge < -0.3 is 10.6 Å². The van der Waals surface area contributed by atoms with E-state index in [0.29, 0.717) is 17.7 Å². The van der Waals surface area contributed by atoms with Gasteiger partial charge in [-0.15, -0.1) is 0 Å². The Morgan fingerprint density at radius 1 is 1.13 bits per heavy atom. The summed E-state index contributed by atoms with van der Waals surface area (Å²) in [6, 6.07) is 6.73. The number of benzene rings is 1. The Kier molecular flexibility index (Phi) is 3.85. The minimum Gasteiger partial charge on any atom is -0.355 e. The fraction of sp³-hybridized carbons (Fsp3) is 0.273. The number of amides is 2. The predicted octanol–water partition coefficient (Wildman–Crippen LogP) is 0.796. The van der Waals surface area contributed by atoms with Crippen LogP contribution in [-0.4, -0.2) is 25.4 Å². The highest BCUT2D eigenvalue weighted by molar-refractivity contribution is 6.07. The van der Waals surface area contributed by atoms with Crippen LogP contribution in [0.1, 0.15) is 27.6 Å². The van der Waals surface area contributed by atoms with Gasteiger partial charge in [-0.25, -0.2) is 0 Å². The van der Waals surface area contributed by atoms with Crippen LogP contribution in [-0.2, 0) is 0 Å². The first-order valence-electron chi connectivity index (χ1n) is 4.80. The third-order valence-electron chi connectivity index (χ3n) is 1.98. The molecule has 0 radical (unpaired) electrons. The van der Waals surface area contributed by atoms with E-state index in [0.717, 1.165) is 0 Å². The molecule has 0 aliphatic heterocycles. The Hall–Kier alpha value is -1.84. The molecule has 4 nitrogen and oxygen atoms in total. The number of rotatable bonds is 3. The Morgan fingerprint density at radius 2 is 1.67 bits per heavy atom. The van der Waals surface area contributed by atoms with E-state index in [9.17, 15) is 9.59 Å². The van der Waals surface area contributed by atoms with E-state index in [1.807, 2.05) is 6.92 Å². The molecule has 0 bridgehead atoms. The van der Waals surface area contributed by atoms with Crippen LogP contribution in [0.2, 0.25) is 0 Å². The second kappa shape index (κ2) is 5.14. The average Bonchev–Trinajstić information content (AvgIpc) is 2.28. The zero-order chi connectivity index (χ0) is 11.3. The molecule has 0 fully saturated rings. The van der Waals surface area contributed by atoms with Crippen LogP contribution in [0.25, 0.3) is 0 Å². The van der Waals surface area contributed by atoms with Gasteiger partial charge in [-0.2, -0.15) is 0 Å². The van der Waals surface area contributed by atoms with E-state index < -0.39 is 0 Å².